The Morgan fingerprint density at radius 1 is 0.241 bits per heavy atom. The number of rotatable bonds is 20. The van der Waals surface area contributed by atoms with Crippen LogP contribution >= 0.6 is 31.3 Å². The van der Waals surface area contributed by atoms with Crippen molar-refractivity contribution in [2.45, 2.75) is 0 Å². The molecule has 0 fully saturated rings. The topological polar surface area (TPSA) is 572 Å². The monoisotopic (exact) mass is 900 g/mol. The minimum absolute atomic E-state index is 0.406. The van der Waals surface area contributed by atoms with Crippen LogP contribution in [0.3, 0.4) is 0 Å². The molecule has 30 nitrogen and oxygen atoms in total. The van der Waals surface area contributed by atoms with Crippen LogP contribution < -0.4 is 0 Å². The molecule has 54 heavy (non-hydrogen) atoms. The molecule has 24 N–H and O–H groups in total. The van der Waals surface area contributed by atoms with Crippen molar-refractivity contribution in [2.75, 3.05) is 106 Å². The van der Waals surface area contributed by atoms with E-state index in [4.69, 9.17) is 121 Å². The summed E-state index contributed by atoms with van der Waals surface area (Å²) in [5.41, 5.74) is -4.44. The highest BCUT2D eigenvalue weighted by Gasteiger charge is 2.30. The highest BCUT2D eigenvalue weighted by molar-refractivity contribution is 7.60. The van der Waals surface area contributed by atoms with E-state index in [1.54, 1.807) is 0 Å². The van der Waals surface area contributed by atoms with Crippen LogP contribution in [0.1, 0.15) is 0 Å². The molecule has 0 aromatic heterocycles. The van der Waals surface area contributed by atoms with Gasteiger partial charge in [0.05, 0.1) is 127 Å². The van der Waals surface area contributed by atoms with Crippen LogP contribution in [0.25, 0.3) is 0 Å². The van der Waals surface area contributed by atoms with E-state index in [0.29, 0.717) is 0 Å². The predicted octanol–water partition coefficient (Wildman–Crippen LogP) is -9.86. The van der Waals surface area contributed by atoms with Gasteiger partial charge < -0.3 is 121 Å². The van der Waals surface area contributed by atoms with Crippen molar-refractivity contribution in [3.8, 4) is 0 Å². The molecule has 0 bridgehead atoms. The Kier molecular flexibility index (Phi) is 39.9. The summed E-state index contributed by atoms with van der Waals surface area (Å²) < 4.78 is 44.4. The maximum Gasteiger partial charge on any atom is 0.478 e. The van der Waals surface area contributed by atoms with Crippen LogP contribution in [-0.4, -0.2) is 227 Å². The maximum atomic E-state index is 9.63. The number of hydrogen-bond acceptors (Lipinski definition) is 22. The second-order valence-corrected chi connectivity index (χ2v) is 15.9. The second-order valence-electron chi connectivity index (χ2n) is 10.7. The number of aliphatic hydroxyl groups is 16. The van der Waals surface area contributed by atoms with E-state index in [2.05, 4.69) is 8.62 Å². The fraction of sp³-hybridized carbons (Fsp3) is 1.00. The van der Waals surface area contributed by atoms with Crippen molar-refractivity contribution < 1.29 is 148 Å². The Morgan fingerprint density at radius 2 is 0.315 bits per heavy atom. The van der Waals surface area contributed by atoms with Crippen molar-refractivity contribution in [2.24, 2.45) is 21.7 Å². The van der Waals surface area contributed by atoms with Gasteiger partial charge in [-0.25, -0.2) is 18.3 Å². The van der Waals surface area contributed by atoms with Gasteiger partial charge in [-0.15, -0.1) is 0 Å². The average molecular weight is 901 g/mol. The minimum Gasteiger partial charge on any atom is -0.396 e. The normalized spacial score (nSPS) is 12.6. The molecule has 0 aliphatic carbocycles. The van der Waals surface area contributed by atoms with Gasteiger partial charge in [-0.05, 0) is 0 Å². The second kappa shape index (κ2) is 32.8. The first kappa shape index (κ1) is 65.7. The molecule has 0 spiro atoms. The van der Waals surface area contributed by atoms with Crippen molar-refractivity contribution in [3.05, 3.63) is 0 Å². The summed E-state index contributed by atoms with van der Waals surface area (Å²) in [6, 6.07) is 0. The number of aliphatic hydroxyl groups excluding tert-OH is 16. The minimum atomic E-state index is -5.05. The number of hydrogen-bond donors (Lipinski definition) is 24. The van der Waals surface area contributed by atoms with Gasteiger partial charge in [0.2, 0.25) is 0 Å². The van der Waals surface area contributed by atoms with E-state index in [1.165, 1.54) is 0 Å². The molecule has 0 heterocycles. The highest BCUT2D eigenvalue weighted by atomic mass is 31.3. The van der Waals surface area contributed by atoms with E-state index < -0.39 is 159 Å². The summed E-state index contributed by atoms with van der Waals surface area (Å²) in [6.07, 6.45) is 0. The zero-order valence-electron chi connectivity index (χ0n) is 28.3. The van der Waals surface area contributed by atoms with Crippen molar-refractivity contribution in [3.63, 3.8) is 0 Å². The van der Waals surface area contributed by atoms with Crippen molar-refractivity contribution in [1.82, 2.24) is 0 Å². The Hall–Kier alpha value is -0.120. The molecule has 0 saturated carbocycles. The molecular formula is C20H56O30P4. The van der Waals surface area contributed by atoms with Crippen LogP contribution in [0.15, 0.2) is 0 Å². The van der Waals surface area contributed by atoms with E-state index >= 15 is 0 Å². The summed E-state index contributed by atoms with van der Waals surface area (Å²) in [4.78, 5) is 62.0. The lowest BCUT2D eigenvalue weighted by atomic mass is 9.93. The van der Waals surface area contributed by atoms with E-state index in [0.717, 1.165) is 0 Å². The first-order valence-electron chi connectivity index (χ1n) is 13.8. The zero-order chi connectivity index (χ0) is 44.7. The summed E-state index contributed by atoms with van der Waals surface area (Å²) >= 11 is 0. The predicted molar refractivity (Wildman–Crippen MR) is 173 cm³/mol. The largest absolute Gasteiger partial charge is 0.478 e. The molecule has 0 saturated heterocycles. The first-order valence-corrected chi connectivity index (χ1v) is 19.9. The lowest BCUT2D eigenvalue weighted by Crippen LogP contribution is -2.37. The molecule has 0 unspecified atom stereocenters. The summed E-state index contributed by atoms with van der Waals surface area (Å²) in [5.74, 6) is 0. The van der Waals surface area contributed by atoms with E-state index in [1.807, 2.05) is 0 Å². The van der Waals surface area contributed by atoms with Crippen LogP contribution in [-0.2, 0) is 26.9 Å². The standard InChI is InChI=1S/4C5H12O4.2H4O7P2/c4*6-1-5(2-7,3-8)4-9;2*1-8(2,3)7-9(4,5)6/h4*6-9H,1-4H2;2*(H2,1,2,3)(H2,4,5,6). The quantitative estimate of drug-likeness (QED) is 0.0504. The van der Waals surface area contributed by atoms with Crippen LogP contribution in [0, 0.1) is 21.7 Å². The average Bonchev–Trinajstić information content (AvgIpc) is 3.08. The molecule has 0 aromatic carbocycles. The third-order valence-electron chi connectivity index (χ3n) is 5.79. The molecule has 336 valence electrons. The number of phosphoric acid groups is 4. The fourth-order valence-electron chi connectivity index (χ4n) is 1.48. The van der Waals surface area contributed by atoms with Crippen molar-refractivity contribution in [1.29, 1.82) is 0 Å². The van der Waals surface area contributed by atoms with Gasteiger partial charge in [-0.2, -0.15) is 8.62 Å². The van der Waals surface area contributed by atoms with Crippen LogP contribution in [0.4, 0.5) is 0 Å². The summed E-state index contributed by atoms with van der Waals surface area (Å²) in [6.45, 7) is -6.50. The van der Waals surface area contributed by atoms with Crippen LogP contribution in [0.2, 0.25) is 0 Å². The Morgan fingerprint density at radius 3 is 0.315 bits per heavy atom. The van der Waals surface area contributed by atoms with Gasteiger partial charge in [0.25, 0.3) is 0 Å². The van der Waals surface area contributed by atoms with E-state index in [9.17, 15) is 18.3 Å². The smallest absolute Gasteiger partial charge is 0.396 e. The summed E-state index contributed by atoms with van der Waals surface area (Å²) in [7, 11) is -20.2. The molecule has 0 aliphatic heterocycles. The Bertz CT molecular complexity index is 808. The van der Waals surface area contributed by atoms with Gasteiger partial charge in [0, 0.05) is 0 Å². The van der Waals surface area contributed by atoms with Crippen molar-refractivity contribution >= 4 is 31.3 Å². The molecule has 0 radical (unpaired) electrons. The summed E-state index contributed by atoms with van der Waals surface area (Å²) in [5, 5.41) is 136. The molecule has 34 heteroatoms. The highest BCUT2D eigenvalue weighted by Crippen LogP contribution is 2.54. The Labute approximate surface area is 306 Å². The molecule has 0 rings (SSSR count). The van der Waals surface area contributed by atoms with E-state index in [-0.39, 0.29) is 0 Å². The zero-order valence-corrected chi connectivity index (χ0v) is 31.9. The third-order valence-corrected chi connectivity index (χ3v) is 9.20. The molecular weight excluding hydrogens is 844 g/mol. The van der Waals surface area contributed by atoms with Gasteiger partial charge >= 0.3 is 31.3 Å². The maximum absolute atomic E-state index is 9.63. The van der Waals surface area contributed by atoms with Gasteiger partial charge in [-0.3, -0.25) is 0 Å². The molecule has 0 amide bonds. The lowest BCUT2D eigenvalue weighted by molar-refractivity contribution is -0.0332. The molecule has 0 aliphatic rings. The van der Waals surface area contributed by atoms with Gasteiger partial charge in [-0.1, -0.05) is 0 Å². The Balaban J connectivity index is -0.000000128. The fourth-order valence-corrected chi connectivity index (χ4v) is 3.69. The van der Waals surface area contributed by atoms with Gasteiger partial charge in [0.1, 0.15) is 0 Å². The first-order chi connectivity index (χ1) is 24.4. The third kappa shape index (κ3) is 37.5. The molecule has 0 aromatic rings. The molecule has 0 atom stereocenters. The van der Waals surface area contributed by atoms with Gasteiger partial charge in [0.15, 0.2) is 0 Å². The SMILES string of the molecule is O=P(O)(O)OP(=O)(O)O.O=P(O)(O)OP(=O)(O)O.OCC(CO)(CO)CO.OCC(CO)(CO)CO.OCC(CO)(CO)CO.OCC(CO)(CO)CO. The van der Waals surface area contributed by atoms with Crippen LogP contribution in [0.5, 0.6) is 0 Å². The lowest BCUT2D eigenvalue weighted by Gasteiger charge is -2.23.